The van der Waals surface area contributed by atoms with Gasteiger partial charge in [0.15, 0.2) is 0 Å². The van der Waals surface area contributed by atoms with E-state index in [1.165, 1.54) is 29.9 Å². The molecule has 6 aliphatic heterocycles. The topological polar surface area (TPSA) is 166 Å². The average molecular weight is 1340 g/mol. The molecule has 0 bridgehead atoms. The fraction of sp³-hybridized carbons (Fsp3) is 0.0959. The highest BCUT2D eigenvalue weighted by Gasteiger charge is 2.27. The lowest BCUT2D eigenvalue weighted by molar-refractivity contribution is -0.870. The Hall–Kier alpha value is -9.74. The predicted molar refractivity (Wildman–Crippen MR) is 369 cm³/mol. The molecule has 0 radical (unpaired) electrons. The molecule has 0 aromatic heterocycles. The lowest BCUT2D eigenvalue weighted by Gasteiger charge is -2.26. The summed E-state index contributed by atoms with van der Waals surface area (Å²) in [5, 5.41) is 15.0. The Morgan fingerprint density at radius 2 is 0.813 bits per heavy atom. The zero-order valence-corrected chi connectivity index (χ0v) is 54.3. The fourth-order valence-corrected chi connectivity index (χ4v) is 10.0. The molecule has 12 rings (SSSR count). The Labute approximate surface area is 552 Å². The van der Waals surface area contributed by atoms with Crippen LogP contribution < -0.4 is 26.6 Å². The minimum Gasteiger partial charge on any atom is -0.331 e. The molecular weight excluding hydrogens is 1280 g/mol. The number of carbonyl (C=O) groups excluding carboxylic acids is 6. The van der Waals surface area contributed by atoms with Crippen LogP contribution in [0.5, 0.6) is 0 Å². The molecule has 91 heavy (non-hydrogen) atoms. The molecule has 0 unspecified atom stereocenters. The van der Waals surface area contributed by atoms with Gasteiger partial charge in [0.25, 0.3) is 5.91 Å². The second-order valence-electron chi connectivity index (χ2n) is 21.9. The van der Waals surface area contributed by atoms with Crippen LogP contribution in [0.3, 0.4) is 0 Å². The van der Waals surface area contributed by atoms with Crippen molar-refractivity contribution in [1.82, 2.24) is 31.5 Å². The number of hydrogen-bond acceptors (Lipinski definition) is 6. The quantitative estimate of drug-likeness (QED) is 0.0857. The Morgan fingerprint density at radius 3 is 1.20 bits per heavy atom. The van der Waals surface area contributed by atoms with Gasteiger partial charge in [0, 0.05) is 142 Å². The fourth-order valence-electron chi connectivity index (χ4n) is 9.34. The number of allylic oxidation sites excluding steroid dienone is 6. The summed E-state index contributed by atoms with van der Waals surface area (Å²) in [6.45, 7) is 26.5. The summed E-state index contributed by atoms with van der Waals surface area (Å²) in [4.78, 5) is 69.1. The number of halogens is 5. The van der Waals surface area contributed by atoms with Gasteiger partial charge in [-0.1, -0.05) is 187 Å². The molecule has 6 aliphatic rings. The average Bonchev–Trinajstić information content (AvgIpc) is 2.30. The van der Waals surface area contributed by atoms with Gasteiger partial charge in [-0.15, -0.1) is 0 Å². The van der Waals surface area contributed by atoms with E-state index < -0.39 is 0 Å². The van der Waals surface area contributed by atoms with Gasteiger partial charge in [0.1, 0.15) is 5.82 Å². The SMILES string of the molecule is C=C1C(c2ccc(Cl)cc2)=CC(=O)N1CCC[N+](C)(C)C.C=C1NC(=O)C=C1c1ccc(Br)cc1.C=C1NC(=O)C=C1c1ccc(C)cc1.C=C1NC(=O)C=C1c1ccc(Cl)cc1.C=C1NC(=O)C=C1c1cccc(Cl)c1.C=C1NC(=O)C=C1c1ccccc1F. The molecule has 6 heterocycles. The number of rotatable bonds is 10. The smallest absolute Gasteiger partial charge is 0.251 e. The third kappa shape index (κ3) is 19.6. The van der Waals surface area contributed by atoms with Crippen molar-refractivity contribution in [2.24, 2.45) is 0 Å². The minimum absolute atomic E-state index is 0.0198. The largest absolute Gasteiger partial charge is 0.331 e. The van der Waals surface area contributed by atoms with E-state index in [0.717, 1.165) is 83.3 Å². The van der Waals surface area contributed by atoms with Crippen LogP contribution in [0, 0.1) is 12.7 Å². The van der Waals surface area contributed by atoms with Crippen LogP contribution in [-0.4, -0.2) is 79.1 Å². The molecule has 0 aliphatic carbocycles. The van der Waals surface area contributed by atoms with E-state index in [4.69, 9.17) is 34.8 Å². The number of nitrogens with one attached hydrogen (secondary N) is 5. The van der Waals surface area contributed by atoms with Gasteiger partial charge < -0.3 is 36.0 Å². The zero-order valence-electron chi connectivity index (χ0n) is 50.4. The number of quaternary nitrogens is 1. The van der Waals surface area contributed by atoms with E-state index in [0.29, 0.717) is 61.2 Å². The van der Waals surface area contributed by atoms with Gasteiger partial charge in [-0.2, -0.15) is 0 Å². The summed E-state index contributed by atoms with van der Waals surface area (Å²) in [6, 6.07) is 44.2. The van der Waals surface area contributed by atoms with E-state index in [1.807, 2.05) is 104 Å². The Morgan fingerprint density at radius 1 is 0.440 bits per heavy atom. The van der Waals surface area contributed by atoms with Gasteiger partial charge in [-0.05, 0) is 89.3 Å². The molecule has 0 fully saturated rings. The normalized spacial score (nSPS) is 15.4. The number of carbonyl (C=O) groups is 6. The van der Waals surface area contributed by atoms with E-state index in [2.05, 4.69) is 103 Å². The summed E-state index contributed by atoms with van der Waals surface area (Å²) < 4.78 is 15.2. The van der Waals surface area contributed by atoms with Gasteiger partial charge in [-0.25, -0.2) is 4.39 Å². The maximum absolute atomic E-state index is 13.3. The summed E-state index contributed by atoms with van der Waals surface area (Å²) in [7, 11) is 6.45. The van der Waals surface area contributed by atoms with Gasteiger partial charge >= 0.3 is 0 Å². The first-order valence-electron chi connectivity index (χ1n) is 28.1. The first-order valence-corrected chi connectivity index (χ1v) is 30.0. The number of nitrogens with zero attached hydrogens (tertiary/aromatic N) is 2. The molecule has 18 heteroatoms. The second-order valence-corrected chi connectivity index (χ2v) is 24.1. The molecule has 13 nitrogen and oxygen atoms in total. The summed E-state index contributed by atoms with van der Waals surface area (Å²) in [5.41, 5.74) is 15.1. The number of aryl methyl sites for hydroxylation is 1. The standard InChI is InChI=1S/C17H22ClN2O.C12H11NO.C11H8BrNO.2C11H8ClNO.C11H8FNO/c1-13-16(14-6-8-15(18)9-7-14)12-17(21)19(13)10-5-11-20(2,3)4;1-8-3-5-10(6-4-8)11-7-12(14)13-9(11)2;2*1-7-10(6-11(14)13-7)8-2-4-9(12)5-3-8;1-7-10(6-11(14)13-7)8-3-2-4-9(12)5-8;1-7-9(6-11(14)13-7)8-4-2-3-5-10(8)12/h6-9,12H,1,5,10-11H2,2-4H3;3-7H,2H2,1H3,(H,13,14);4*2-6H,1H2,(H,13,14)/q+1;;;;;. The molecule has 0 saturated heterocycles. The monoisotopic (exact) mass is 1340 g/mol. The maximum atomic E-state index is 13.3. The van der Waals surface area contributed by atoms with Crippen LogP contribution >= 0.6 is 50.7 Å². The lowest BCUT2D eigenvalue weighted by atomic mass is 10.0. The van der Waals surface area contributed by atoms with Crippen molar-refractivity contribution >= 4 is 120 Å². The molecule has 6 aromatic rings. The van der Waals surface area contributed by atoms with Crippen molar-refractivity contribution in [3.05, 3.63) is 320 Å². The van der Waals surface area contributed by atoms with Crippen LogP contribution in [0.2, 0.25) is 15.1 Å². The highest BCUT2D eigenvalue weighted by Crippen LogP contribution is 2.33. The van der Waals surface area contributed by atoms with Crippen molar-refractivity contribution < 1.29 is 37.6 Å². The zero-order chi connectivity index (χ0) is 66.3. The highest BCUT2D eigenvalue weighted by atomic mass is 79.9. The first kappa shape index (κ1) is 68.7. The van der Waals surface area contributed by atoms with E-state index in [9.17, 15) is 33.2 Å². The van der Waals surface area contributed by atoms with Crippen molar-refractivity contribution in [2.45, 2.75) is 13.3 Å². The van der Waals surface area contributed by atoms with Crippen LogP contribution in [0.1, 0.15) is 45.4 Å². The molecule has 462 valence electrons. The van der Waals surface area contributed by atoms with Crippen molar-refractivity contribution in [2.75, 3.05) is 34.2 Å². The van der Waals surface area contributed by atoms with Gasteiger partial charge in [-0.3, -0.25) is 28.8 Å². The van der Waals surface area contributed by atoms with E-state index in [-0.39, 0.29) is 41.3 Å². The Bertz CT molecular complexity index is 3950. The minimum atomic E-state index is -0.351. The van der Waals surface area contributed by atoms with Crippen LogP contribution in [0.15, 0.2) is 260 Å². The second kappa shape index (κ2) is 31.1. The Kier molecular flexibility index (Phi) is 23.5. The number of benzene rings is 6. The van der Waals surface area contributed by atoms with Crippen molar-refractivity contribution in [3.63, 3.8) is 0 Å². The Balaban J connectivity index is 0.000000156. The molecule has 6 aromatic carbocycles. The maximum Gasteiger partial charge on any atom is 0.251 e. The van der Waals surface area contributed by atoms with Gasteiger partial charge in [0.05, 0.1) is 27.7 Å². The van der Waals surface area contributed by atoms with Crippen LogP contribution in [-0.2, 0) is 28.8 Å². The summed E-state index contributed by atoms with van der Waals surface area (Å²) in [6.07, 6.45) is 10.2. The van der Waals surface area contributed by atoms with Crippen LogP contribution in [0.25, 0.3) is 33.4 Å². The summed E-state index contributed by atoms with van der Waals surface area (Å²) in [5.74, 6) is -1.04. The van der Waals surface area contributed by atoms with Crippen molar-refractivity contribution in [3.8, 4) is 0 Å². The molecule has 0 saturated carbocycles. The third-order valence-corrected chi connectivity index (χ3v) is 15.2. The van der Waals surface area contributed by atoms with E-state index >= 15 is 0 Å². The number of hydrogen-bond donors (Lipinski definition) is 5. The lowest BCUT2D eigenvalue weighted by Crippen LogP contribution is -2.37. The van der Waals surface area contributed by atoms with Crippen molar-refractivity contribution in [1.29, 1.82) is 0 Å². The molecule has 5 N–H and O–H groups in total. The number of amides is 6. The third-order valence-electron chi connectivity index (χ3n) is 13.9. The molecular formula is C73H65BrCl3FN7O6+. The molecule has 6 amide bonds. The van der Waals surface area contributed by atoms with Crippen LogP contribution in [0.4, 0.5) is 4.39 Å². The first-order chi connectivity index (χ1) is 43.1. The molecule has 0 atom stereocenters. The predicted octanol–water partition coefficient (Wildman–Crippen LogP) is 14.3. The molecule has 0 spiro atoms. The van der Waals surface area contributed by atoms with Gasteiger partial charge in [0.2, 0.25) is 29.5 Å². The summed E-state index contributed by atoms with van der Waals surface area (Å²) >= 11 is 20.9. The van der Waals surface area contributed by atoms with E-state index in [1.54, 1.807) is 65.6 Å². The highest BCUT2D eigenvalue weighted by molar-refractivity contribution is 9.10.